The van der Waals surface area contributed by atoms with Crippen LogP contribution in [0.5, 0.6) is 5.75 Å². The van der Waals surface area contributed by atoms with Gasteiger partial charge in [-0.05, 0) is 56.8 Å². The number of methoxy groups -OCH3 is 1. The molecule has 4 heterocycles. The van der Waals surface area contributed by atoms with Crippen molar-refractivity contribution in [1.29, 1.82) is 0 Å². The molecule has 0 bridgehead atoms. The third-order valence-electron chi connectivity index (χ3n) is 9.96. The monoisotopic (exact) mass is 679 g/mol. The van der Waals surface area contributed by atoms with Gasteiger partial charge in [0.15, 0.2) is 0 Å². The topological polar surface area (TPSA) is 83.2 Å². The van der Waals surface area contributed by atoms with Crippen LogP contribution in [-0.2, 0) is 46.8 Å². The minimum Gasteiger partial charge on any atom is -0.493 e. The van der Waals surface area contributed by atoms with Crippen LogP contribution in [0.25, 0.3) is 32.8 Å². The van der Waals surface area contributed by atoms with Crippen LogP contribution < -0.4 is 4.74 Å². The van der Waals surface area contributed by atoms with E-state index in [0.717, 1.165) is 109 Å². The Morgan fingerprint density at radius 3 is 2.58 bits per heavy atom. The number of carbonyl (C=O) groups excluding carboxylic acids is 1. The Morgan fingerprint density at radius 1 is 0.940 bits per heavy atom. The Labute approximate surface area is 294 Å². The van der Waals surface area contributed by atoms with Gasteiger partial charge in [-0.15, -0.1) is 0 Å². The zero-order valence-electron chi connectivity index (χ0n) is 29.7. The second-order valence-electron chi connectivity index (χ2n) is 13.3. The quantitative estimate of drug-likeness (QED) is 0.115. The first kappa shape index (κ1) is 34.2. The van der Waals surface area contributed by atoms with Gasteiger partial charge in [0.25, 0.3) is 0 Å². The van der Waals surface area contributed by atoms with Gasteiger partial charge in [-0.2, -0.15) is 5.10 Å². The lowest BCUT2D eigenvalue weighted by Gasteiger charge is -2.27. The van der Waals surface area contributed by atoms with Crippen LogP contribution in [0, 0.1) is 0 Å². The van der Waals surface area contributed by atoms with E-state index in [9.17, 15) is 4.79 Å². The van der Waals surface area contributed by atoms with Crippen molar-refractivity contribution >= 4 is 27.6 Å². The summed E-state index contributed by atoms with van der Waals surface area (Å²) in [7, 11) is 3.90. The second kappa shape index (κ2) is 15.8. The summed E-state index contributed by atoms with van der Waals surface area (Å²) in [5, 5.41) is 8.62. The number of esters is 1. The Morgan fingerprint density at radius 2 is 1.74 bits per heavy atom. The molecule has 2 aliphatic rings. The molecular formula is C40H49N5O5. The lowest BCUT2D eigenvalue weighted by atomic mass is 9.97. The maximum Gasteiger partial charge on any atom is 0.355 e. The van der Waals surface area contributed by atoms with Crippen molar-refractivity contribution in [3.8, 4) is 16.9 Å². The maximum atomic E-state index is 13.9. The van der Waals surface area contributed by atoms with Crippen molar-refractivity contribution in [3.05, 3.63) is 83.3 Å². The molecule has 0 unspecified atom stereocenters. The van der Waals surface area contributed by atoms with E-state index in [1.807, 2.05) is 31.2 Å². The first-order valence-electron chi connectivity index (χ1n) is 18.1. The molecule has 1 saturated heterocycles. The lowest BCUT2D eigenvalue weighted by molar-refractivity contribution is 0.0329. The number of para-hydroxylation sites is 1. The number of carbonyl (C=O) groups is 1. The van der Waals surface area contributed by atoms with Crippen LogP contribution in [0.2, 0.25) is 0 Å². The first-order chi connectivity index (χ1) is 24.6. The zero-order valence-corrected chi connectivity index (χ0v) is 29.7. The second-order valence-corrected chi connectivity index (χ2v) is 13.3. The molecule has 50 heavy (non-hydrogen) atoms. The molecule has 3 aromatic carbocycles. The maximum absolute atomic E-state index is 13.9. The molecule has 5 aromatic rings. The Bertz CT molecular complexity index is 1940. The van der Waals surface area contributed by atoms with Crippen molar-refractivity contribution in [2.75, 3.05) is 66.8 Å². The number of aromatic nitrogens is 3. The van der Waals surface area contributed by atoms with Gasteiger partial charge in [0, 0.05) is 61.7 Å². The highest BCUT2D eigenvalue weighted by molar-refractivity contribution is 6.05. The molecule has 0 atom stereocenters. The third kappa shape index (κ3) is 7.03. The van der Waals surface area contributed by atoms with E-state index in [0.29, 0.717) is 45.0 Å². The number of fused-ring (bicyclic) bond motifs is 3. The van der Waals surface area contributed by atoms with Crippen LogP contribution in [-0.4, -0.2) is 96.9 Å². The van der Waals surface area contributed by atoms with Crippen molar-refractivity contribution < 1.29 is 23.7 Å². The lowest BCUT2D eigenvalue weighted by Crippen LogP contribution is -2.36. The van der Waals surface area contributed by atoms with Crippen molar-refractivity contribution in [2.45, 2.75) is 52.4 Å². The van der Waals surface area contributed by atoms with Crippen LogP contribution in [0.1, 0.15) is 47.2 Å². The van der Waals surface area contributed by atoms with Crippen LogP contribution in [0.3, 0.4) is 0 Å². The minimum absolute atomic E-state index is 0.269. The van der Waals surface area contributed by atoms with Crippen LogP contribution in [0.15, 0.2) is 60.7 Å². The highest BCUT2D eigenvalue weighted by atomic mass is 16.5. The van der Waals surface area contributed by atoms with E-state index in [1.165, 1.54) is 5.69 Å². The van der Waals surface area contributed by atoms with Crippen molar-refractivity contribution in [1.82, 2.24) is 24.1 Å². The summed E-state index contributed by atoms with van der Waals surface area (Å²) in [5.74, 6) is 0.612. The molecule has 0 N–H and O–H groups in total. The fraction of sp³-hybridized carbons (Fsp3) is 0.450. The average molecular weight is 680 g/mol. The number of benzene rings is 3. The molecule has 2 aliphatic heterocycles. The predicted octanol–water partition coefficient (Wildman–Crippen LogP) is 6.16. The van der Waals surface area contributed by atoms with Gasteiger partial charge in [0.2, 0.25) is 0 Å². The van der Waals surface area contributed by atoms with E-state index in [4.69, 9.17) is 24.0 Å². The molecule has 0 amide bonds. The summed E-state index contributed by atoms with van der Waals surface area (Å²) in [4.78, 5) is 18.7. The van der Waals surface area contributed by atoms with Crippen molar-refractivity contribution in [2.24, 2.45) is 0 Å². The van der Waals surface area contributed by atoms with Gasteiger partial charge >= 0.3 is 5.97 Å². The highest BCUT2D eigenvalue weighted by Gasteiger charge is 2.30. The number of ether oxygens (including phenoxy) is 4. The molecular weight excluding hydrogens is 630 g/mol. The van der Waals surface area contributed by atoms with Gasteiger partial charge in [-0.1, -0.05) is 54.6 Å². The predicted molar refractivity (Wildman–Crippen MR) is 196 cm³/mol. The minimum atomic E-state index is -0.269. The molecule has 0 saturated carbocycles. The zero-order chi connectivity index (χ0) is 34.5. The van der Waals surface area contributed by atoms with Crippen LogP contribution >= 0.6 is 0 Å². The van der Waals surface area contributed by atoms with Gasteiger partial charge in [0.1, 0.15) is 11.4 Å². The molecule has 0 spiro atoms. The Kier molecular flexibility index (Phi) is 10.8. The highest BCUT2D eigenvalue weighted by Crippen LogP contribution is 2.40. The molecule has 0 radical (unpaired) electrons. The van der Waals surface area contributed by atoms with E-state index in [1.54, 1.807) is 7.11 Å². The van der Waals surface area contributed by atoms with E-state index in [2.05, 4.69) is 62.5 Å². The van der Waals surface area contributed by atoms with Gasteiger partial charge in [0.05, 0.1) is 56.5 Å². The number of aryl methyl sites for hydroxylation is 2. The Hall–Kier alpha value is -4.22. The summed E-state index contributed by atoms with van der Waals surface area (Å²) >= 11 is 0. The number of hydrogen-bond donors (Lipinski definition) is 0. The average Bonchev–Trinajstić information content (AvgIpc) is 3.63. The molecule has 10 heteroatoms. The first-order valence-corrected chi connectivity index (χ1v) is 18.1. The fourth-order valence-electron chi connectivity index (χ4n) is 7.65. The molecule has 264 valence electrons. The number of morpholine rings is 1. The van der Waals surface area contributed by atoms with E-state index < -0.39 is 0 Å². The van der Waals surface area contributed by atoms with E-state index >= 15 is 0 Å². The number of nitrogens with zero attached hydrogens (tertiary/aromatic N) is 5. The smallest absolute Gasteiger partial charge is 0.355 e. The molecule has 0 aliphatic carbocycles. The molecule has 1 fully saturated rings. The summed E-state index contributed by atoms with van der Waals surface area (Å²) in [6.07, 6.45) is 2.33. The van der Waals surface area contributed by atoms with Gasteiger partial charge < -0.3 is 28.4 Å². The van der Waals surface area contributed by atoms with E-state index in [-0.39, 0.29) is 5.97 Å². The molecule has 7 rings (SSSR count). The largest absolute Gasteiger partial charge is 0.493 e. The van der Waals surface area contributed by atoms with Gasteiger partial charge in [-0.25, -0.2) is 4.79 Å². The third-order valence-corrected chi connectivity index (χ3v) is 9.96. The summed E-state index contributed by atoms with van der Waals surface area (Å²) in [5.41, 5.74) is 7.27. The van der Waals surface area contributed by atoms with Gasteiger partial charge in [-0.3, -0.25) is 9.58 Å². The van der Waals surface area contributed by atoms with Crippen molar-refractivity contribution in [3.63, 3.8) is 0 Å². The normalized spacial score (nSPS) is 15.7. The standard InChI is InChI=1S/C40H49N5O5/c1-4-49-40(46)39-32(16-9-23-50-36-17-7-12-29-11-5-6-13-30(29)36)31-14-8-15-33-37-34(27-42(2)18-10-19-44(39)38(31)33)41-45(22-24-47-3)35(37)28-43-20-25-48-26-21-43/h5-8,11-15,17H,4,9-10,16,18-28H2,1-3H3. The molecule has 2 aromatic heterocycles. The summed E-state index contributed by atoms with van der Waals surface area (Å²) in [6.45, 7) is 10.3. The number of hydrogen-bond acceptors (Lipinski definition) is 8. The number of rotatable bonds is 12. The summed E-state index contributed by atoms with van der Waals surface area (Å²) < 4.78 is 27.8. The SMILES string of the molecule is CCOC(=O)c1c(CCCOc2cccc3ccccc23)c2cccc3c2n1CCCN(C)Cc1nn(CCOC)c(CN2CCOCC2)c1-3. The Balaban J connectivity index is 1.33. The summed E-state index contributed by atoms with van der Waals surface area (Å²) in [6, 6.07) is 21.0. The molecule has 10 nitrogen and oxygen atoms in total. The fourth-order valence-corrected chi connectivity index (χ4v) is 7.65. The van der Waals surface area contributed by atoms with Crippen LogP contribution in [0.4, 0.5) is 0 Å².